The van der Waals surface area contributed by atoms with Gasteiger partial charge in [0.25, 0.3) is 11.8 Å². The van der Waals surface area contributed by atoms with E-state index in [2.05, 4.69) is 10.6 Å². The van der Waals surface area contributed by atoms with Crippen LogP contribution in [0.3, 0.4) is 0 Å². The fourth-order valence-corrected chi connectivity index (χ4v) is 4.46. The van der Waals surface area contributed by atoms with Crippen molar-refractivity contribution in [2.24, 2.45) is 0 Å². The molecule has 0 saturated heterocycles. The number of fused-ring (bicyclic) bond motifs is 1. The molecule has 0 aliphatic rings. The highest BCUT2D eigenvalue weighted by molar-refractivity contribution is 6.28. The minimum absolute atomic E-state index is 0.0365. The first kappa shape index (κ1) is 26.1. The molecule has 0 aliphatic carbocycles. The van der Waals surface area contributed by atoms with Crippen molar-refractivity contribution in [2.75, 3.05) is 10.6 Å². The number of carbonyl (C=O) groups excluding carboxylic acids is 2. The molecule has 4 aromatic rings. The number of nitrogens with one attached hydrogen (secondary N) is 2. The Labute approximate surface area is 218 Å². The summed E-state index contributed by atoms with van der Waals surface area (Å²) in [7, 11) is 0. The van der Waals surface area contributed by atoms with Crippen LogP contribution in [0.15, 0.2) is 72.8 Å². The van der Waals surface area contributed by atoms with Gasteiger partial charge in [0.05, 0.1) is 22.3 Å². The third kappa shape index (κ3) is 5.10. The number of carboxylic acids is 2. The van der Waals surface area contributed by atoms with E-state index in [0.29, 0.717) is 17.8 Å². The summed E-state index contributed by atoms with van der Waals surface area (Å²) < 4.78 is 0. The Kier molecular flexibility index (Phi) is 7.53. The molecule has 0 unspecified atom stereocenters. The molecule has 8 nitrogen and oxygen atoms in total. The first-order chi connectivity index (χ1) is 18.2. The van der Waals surface area contributed by atoms with Crippen molar-refractivity contribution in [2.45, 2.75) is 26.7 Å². The zero-order valence-corrected chi connectivity index (χ0v) is 20.9. The average molecular weight is 511 g/mol. The van der Waals surface area contributed by atoms with Crippen LogP contribution < -0.4 is 10.6 Å². The molecular weight excluding hydrogens is 484 g/mol. The maximum absolute atomic E-state index is 13.7. The SMILES string of the molecule is CCc1cccc(NC(=O)c2c(C(=O)O)c(C(=O)O)c3ccccc3c2C(=O)Nc2cccc(CC)c2)c1. The van der Waals surface area contributed by atoms with Crippen molar-refractivity contribution in [3.63, 3.8) is 0 Å². The molecule has 4 rings (SSSR count). The van der Waals surface area contributed by atoms with Crippen LogP contribution in [-0.2, 0) is 12.8 Å². The number of amides is 2. The molecule has 0 bridgehead atoms. The van der Waals surface area contributed by atoms with Gasteiger partial charge in [-0.25, -0.2) is 9.59 Å². The Balaban J connectivity index is 1.98. The predicted molar refractivity (Wildman–Crippen MR) is 145 cm³/mol. The number of carbonyl (C=O) groups is 4. The summed E-state index contributed by atoms with van der Waals surface area (Å²) in [6.07, 6.45) is 1.43. The highest BCUT2D eigenvalue weighted by atomic mass is 16.4. The molecule has 38 heavy (non-hydrogen) atoms. The number of aryl methyl sites for hydroxylation is 2. The number of carboxylic acid groups (broad SMARTS) is 2. The van der Waals surface area contributed by atoms with E-state index in [1.807, 2.05) is 26.0 Å². The second-order valence-corrected chi connectivity index (χ2v) is 8.67. The third-order valence-corrected chi connectivity index (χ3v) is 6.28. The standard InChI is InChI=1S/C30H26N2O6/c1-3-17-9-7-11-19(15-17)31-27(33)23-21-13-5-6-14-22(21)24(29(35)36)26(30(37)38)25(23)28(34)32-20-12-8-10-18(4-2)16-20/h5-16H,3-4H2,1-2H3,(H,31,33)(H,32,34)(H,35,36)(H,37,38). The van der Waals surface area contributed by atoms with Crippen LogP contribution in [-0.4, -0.2) is 34.0 Å². The lowest BCUT2D eigenvalue weighted by Gasteiger charge is -2.19. The summed E-state index contributed by atoms with van der Waals surface area (Å²) in [5, 5.41) is 25.7. The van der Waals surface area contributed by atoms with E-state index < -0.39 is 40.4 Å². The van der Waals surface area contributed by atoms with Crippen LogP contribution in [0.4, 0.5) is 11.4 Å². The van der Waals surface area contributed by atoms with Gasteiger partial charge in [-0.3, -0.25) is 9.59 Å². The molecule has 0 aromatic heterocycles. The smallest absolute Gasteiger partial charge is 0.337 e. The van der Waals surface area contributed by atoms with Crippen LogP contribution in [0.25, 0.3) is 10.8 Å². The van der Waals surface area contributed by atoms with E-state index in [0.717, 1.165) is 17.5 Å². The van der Waals surface area contributed by atoms with E-state index in [4.69, 9.17) is 0 Å². The van der Waals surface area contributed by atoms with Crippen molar-refractivity contribution in [1.82, 2.24) is 0 Å². The van der Waals surface area contributed by atoms with Crippen LogP contribution in [0.1, 0.15) is 66.4 Å². The lowest BCUT2D eigenvalue weighted by atomic mass is 9.87. The van der Waals surface area contributed by atoms with Gasteiger partial charge in [-0.2, -0.15) is 0 Å². The molecule has 4 aromatic carbocycles. The molecule has 0 fully saturated rings. The Morgan fingerprint density at radius 1 is 0.579 bits per heavy atom. The normalized spacial score (nSPS) is 10.7. The molecule has 0 radical (unpaired) electrons. The predicted octanol–water partition coefficient (Wildman–Crippen LogP) is 5.87. The first-order valence-electron chi connectivity index (χ1n) is 12.1. The van der Waals surface area contributed by atoms with E-state index in [-0.39, 0.29) is 16.3 Å². The van der Waals surface area contributed by atoms with Gasteiger partial charge in [0.15, 0.2) is 0 Å². The lowest BCUT2D eigenvalue weighted by Crippen LogP contribution is -2.26. The molecule has 0 heterocycles. The number of aromatic carboxylic acids is 2. The van der Waals surface area contributed by atoms with Crippen LogP contribution in [0, 0.1) is 0 Å². The summed E-state index contributed by atoms with van der Waals surface area (Å²) in [4.78, 5) is 52.2. The molecule has 192 valence electrons. The van der Waals surface area contributed by atoms with Crippen molar-refractivity contribution in [3.8, 4) is 0 Å². The lowest BCUT2D eigenvalue weighted by molar-refractivity contribution is 0.0651. The number of anilines is 2. The first-order valence-corrected chi connectivity index (χ1v) is 12.1. The van der Waals surface area contributed by atoms with Crippen molar-refractivity contribution in [3.05, 3.63) is 106 Å². The van der Waals surface area contributed by atoms with E-state index in [9.17, 15) is 29.4 Å². The fourth-order valence-electron chi connectivity index (χ4n) is 4.46. The van der Waals surface area contributed by atoms with Crippen molar-refractivity contribution >= 4 is 45.9 Å². The van der Waals surface area contributed by atoms with Gasteiger partial charge in [-0.1, -0.05) is 62.4 Å². The summed E-state index contributed by atoms with van der Waals surface area (Å²) >= 11 is 0. The van der Waals surface area contributed by atoms with Gasteiger partial charge >= 0.3 is 11.9 Å². The maximum Gasteiger partial charge on any atom is 0.337 e. The molecular formula is C30H26N2O6. The molecule has 8 heteroatoms. The van der Waals surface area contributed by atoms with Crippen LogP contribution >= 0.6 is 0 Å². The summed E-state index contributed by atoms with van der Waals surface area (Å²) in [6.45, 7) is 3.91. The molecule has 2 amide bonds. The Morgan fingerprint density at radius 3 is 1.47 bits per heavy atom. The Morgan fingerprint density at radius 2 is 1.03 bits per heavy atom. The van der Waals surface area contributed by atoms with Crippen molar-refractivity contribution < 1.29 is 29.4 Å². The zero-order valence-electron chi connectivity index (χ0n) is 20.9. The van der Waals surface area contributed by atoms with E-state index >= 15 is 0 Å². The summed E-state index contributed by atoms with van der Waals surface area (Å²) in [5.74, 6) is -4.80. The maximum atomic E-state index is 13.7. The number of rotatable bonds is 8. The molecule has 0 spiro atoms. The van der Waals surface area contributed by atoms with E-state index in [1.165, 1.54) is 12.1 Å². The number of benzene rings is 4. The second-order valence-electron chi connectivity index (χ2n) is 8.67. The largest absolute Gasteiger partial charge is 0.478 e. The van der Waals surface area contributed by atoms with Crippen LogP contribution in [0.5, 0.6) is 0 Å². The summed E-state index contributed by atoms with van der Waals surface area (Å²) in [5.41, 5.74) is 0.664. The molecule has 0 saturated carbocycles. The zero-order chi connectivity index (χ0) is 27.4. The van der Waals surface area contributed by atoms with Gasteiger partial charge in [-0.15, -0.1) is 0 Å². The highest BCUT2D eigenvalue weighted by Crippen LogP contribution is 2.33. The summed E-state index contributed by atoms with van der Waals surface area (Å²) in [6, 6.07) is 20.2. The van der Waals surface area contributed by atoms with Crippen LogP contribution in [0.2, 0.25) is 0 Å². The molecule has 4 N–H and O–H groups in total. The van der Waals surface area contributed by atoms with E-state index in [1.54, 1.807) is 48.5 Å². The second kappa shape index (κ2) is 11.0. The van der Waals surface area contributed by atoms with Gasteiger partial charge in [0.2, 0.25) is 0 Å². The minimum Gasteiger partial charge on any atom is -0.478 e. The number of hydrogen-bond acceptors (Lipinski definition) is 4. The monoisotopic (exact) mass is 510 g/mol. The topological polar surface area (TPSA) is 133 Å². The number of hydrogen-bond donors (Lipinski definition) is 4. The van der Waals surface area contributed by atoms with Crippen molar-refractivity contribution in [1.29, 1.82) is 0 Å². The minimum atomic E-state index is -1.64. The van der Waals surface area contributed by atoms with Gasteiger partial charge < -0.3 is 20.8 Å². The third-order valence-electron chi connectivity index (χ3n) is 6.28. The van der Waals surface area contributed by atoms with Gasteiger partial charge in [-0.05, 0) is 59.0 Å². The molecule has 0 aliphatic heterocycles. The van der Waals surface area contributed by atoms with Gasteiger partial charge in [0, 0.05) is 11.4 Å². The fraction of sp³-hybridized carbons (Fsp3) is 0.133. The highest BCUT2D eigenvalue weighted by Gasteiger charge is 2.33. The Hall–Kier alpha value is -4.98. The Bertz CT molecular complexity index is 1590. The average Bonchev–Trinajstić information content (AvgIpc) is 2.91. The van der Waals surface area contributed by atoms with Gasteiger partial charge in [0.1, 0.15) is 0 Å². The quantitative estimate of drug-likeness (QED) is 0.234. The molecule has 0 atom stereocenters.